The van der Waals surface area contributed by atoms with Gasteiger partial charge in [0.2, 0.25) is 0 Å². The molecule has 0 aliphatic carbocycles. The molecule has 76 valence electrons. The molecular formula is C12H15BrO. The lowest BCUT2D eigenvalue weighted by atomic mass is 10.0. The third kappa shape index (κ3) is 2.95. The second-order valence-electron chi connectivity index (χ2n) is 3.46. The van der Waals surface area contributed by atoms with Gasteiger partial charge in [0.05, 0.1) is 5.33 Å². The molecule has 0 heterocycles. The van der Waals surface area contributed by atoms with Crippen LogP contribution in [0.3, 0.4) is 0 Å². The van der Waals surface area contributed by atoms with Crippen LogP contribution in [0.5, 0.6) is 0 Å². The van der Waals surface area contributed by atoms with Gasteiger partial charge in [-0.25, -0.2) is 0 Å². The molecule has 0 aromatic heterocycles. The van der Waals surface area contributed by atoms with E-state index >= 15 is 0 Å². The quantitative estimate of drug-likeness (QED) is 0.756. The zero-order chi connectivity index (χ0) is 10.6. The summed E-state index contributed by atoms with van der Waals surface area (Å²) in [6.07, 6.45) is 1.57. The van der Waals surface area contributed by atoms with Gasteiger partial charge < -0.3 is 0 Å². The van der Waals surface area contributed by atoms with E-state index in [2.05, 4.69) is 41.9 Å². The number of benzene rings is 1. The number of carbonyl (C=O) groups is 1. The van der Waals surface area contributed by atoms with Gasteiger partial charge in [-0.3, -0.25) is 4.79 Å². The first kappa shape index (κ1) is 11.4. The lowest BCUT2D eigenvalue weighted by Crippen LogP contribution is -2.04. The Morgan fingerprint density at radius 3 is 2.71 bits per heavy atom. The van der Waals surface area contributed by atoms with Crippen LogP contribution >= 0.6 is 15.9 Å². The molecule has 0 saturated carbocycles. The van der Waals surface area contributed by atoms with E-state index in [9.17, 15) is 4.79 Å². The van der Waals surface area contributed by atoms with Crippen molar-refractivity contribution in [1.29, 1.82) is 0 Å². The molecule has 0 spiro atoms. The fourth-order valence-corrected chi connectivity index (χ4v) is 1.69. The van der Waals surface area contributed by atoms with E-state index in [1.54, 1.807) is 0 Å². The highest BCUT2D eigenvalue weighted by molar-refractivity contribution is 9.09. The van der Waals surface area contributed by atoms with Crippen LogP contribution in [0.25, 0.3) is 0 Å². The minimum absolute atomic E-state index is 0.232. The molecule has 0 radical (unpaired) electrons. The van der Waals surface area contributed by atoms with Crippen molar-refractivity contribution in [3.05, 3.63) is 34.9 Å². The van der Waals surface area contributed by atoms with Gasteiger partial charge >= 0.3 is 0 Å². The fourth-order valence-electron chi connectivity index (χ4n) is 1.49. The number of Topliss-reactive ketones (excluding diaryl/α,β-unsaturated/α-hetero) is 1. The molecule has 0 aliphatic rings. The molecule has 1 aromatic carbocycles. The highest BCUT2D eigenvalue weighted by atomic mass is 79.9. The van der Waals surface area contributed by atoms with E-state index in [0.717, 1.165) is 12.0 Å². The summed E-state index contributed by atoms with van der Waals surface area (Å²) in [5.74, 6) is 0.232. The summed E-state index contributed by atoms with van der Waals surface area (Å²) in [5, 5.41) is 0.447. The van der Waals surface area contributed by atoms with Crippen molar-refractivity contribution in [2.45, 2.75) is 26.7 Å². The van der Waals surface area contributed by atoms with Gasteiger partial charge in [0.15, 0.2) is 0 Å². The van der Waals surface area contributed by atoms with Crippen LogP contribution in [-0.4, -0.2) is 11.1 Å². The predicted octanol–water partition coefficient (Wildman–Crippen LogP) is 3.06. The van der Waals surface area contributed by atoms with E-state index in [-0.39, 0.29) is 5.78 Å². The first-order valence-electron chi connectivity index (χ1n) is 4.83. The molecule has 14 heavy (non-hydrogen) atoms. The second kappa shape index (κ2) is 5.30. The minimum atomic E-state index is 0.232. The monoisotopic (exact) mass is 254 g/mol. The van der Waals surface area contributed by atoms with Gasteiger partial charge in [-0.15, -0.1) is 0 Å². The molecule has 0 N–H and O–H groups in total. The van der Waals surface area contributed by atoms with Crippen molar-refractivity contribution in [2.75, 3.05) is 5.33 Å². The SMILES string of the molecule is CCc1cc(CC(=O)CBr)ccc1C. The van der Waals surface area contributed by atoms with Gasteiger partial charge in [0, 0.05) is 6.42 Å². The van der Waals surface area contributed by atoms with E-state index in [0.29, 0.717) is 11.8 Å². The lowest BCUT2D eigenvalue weighted by molar-refractivity contribution is -0.115. The third-order valence-electron chi connectivity index (χ3n) is 2.34. The second-order valence-corrected chi connectivity index (χ2v) is 4.02. The first-order valence-corrected chi connectivity index (χ1v) is 5.95. The summed E-state index contributed by atoms with van der Waals surface area (Å²) < 4.78 is 0. The molecule has 0 saturated heterocycles. The van der Waals surface area contributed by atoms with Crippen molar-refractivity contribution in [3.8, 4) is 0 Å². The molecular weight excluding hydrogens is 240 g/mol. The van der Waals surface area contributed by atoms with Gasteiger partial charge in [-0.1, -0.05) is 41.1 Å². The summed E-state index contributed by atoms with van der Waals surface area (Å²) in [5.41, 5.74) is 3.77. The molecule has 0 amide bonds. The van der Waals surface area contributed by atoms with Gasteiger partial charge in [0.1, 0.15) is 5.78 Å². The summed E-state index contributed by atoms with van der Waals surface area (Å²) in [4.78, 5) is 11.2. The van der Waals surface area contributed by atoms with Gasteiger partial charge in [0.25, 0.3) is 0 Å². The minimum Gasteiger partial charge on any atom is -0.298 e. The van der Waals surface area contributed by atoms with E-state index in [4.69, 9.17) is 0 Å². The van der Waals surface area contributed by atoms with Crippen LogP contribution in [0, 0.1) is 6.92 Å². The van der Waals surface area contributed by atoms with Crippen molar-refractivity contribution < 1.29 is 4.79 Å². The Morgan fingerprint density at radius 2 is 2.14 bits per heavy atom. The Bertz CT molecular complexity index is 331. The average molecular weight is 255 g/mol. The topological polar surface area (TPSA) is 17.1 Å². The van der Waals surface area contributed by atoms with Crippen LogP contribution in [0.2, 0.25) is 0 Å². The molecule has 0 bridgehead atoms. The smallest absolute Gasteiger partial charge is 0.147 e. The fraction of sp³-hybridized carbons (Fsp3) is 0.417. The molecule has 0 aliphatic heterocycles. The van der Waals surface area contributed by atoms with Crippen LogP contribution in [0.4, 0.5) is 0 Å². The molecule has 0 fully saturated rings. The maximum Gasteiger partial charge on any atom is 0.147 e. The van der Waals surface area contributed by atoms with E-state index in [1.165, 1.54) is 11.1 Å². The number of halogens is 1. The van der Waals surface area contributed by atoms with E-state index in [1.807, 2.05) is 6.07 Å². The molecule has 0 atom stereocenters. The summed E-state index contributed by atoms with van der Waals surface area (Å²) >= 11 is 3.17. The summed E-state index contributed by atoms with van der Waals surface area (Å²) in [7, 11) is 0. The molecule has 2 heteroatoms. The van der Waals surface area contributed by atoms with Gasteiger partial charge in [-0.2, -0.15) is 0 Å². The lowest BCUT2D eigenvalue weighted by Gasteiger charge is -2.05. The predicted molar refractivity (Wildman–Crippen MR) is 63.1 cm³/mol. The Balaban J connectivity index is 2.84. The number of carbonyl (C=O) groups excluding carboxylic acids is 1. The van der Waals surface area contributed by atoms with Crippen LogP contribution in [-0.2, 0) is 17.6 Å². The first-order chi connectivity index (χ1) is 6.67. The number of rotatable bonds is 4. The zero-order valence-corrected chi connectivity index (χ0v) is 10.2. The Kier molecular flexibility index (Phi) is 4.33. The number of aryl methyl sites for hydroxylation is 2. The van der Waals surface area contributed by atoms with Crippen molar-refractivity contribution >= 4 is 21.7 Å². The maximum absolute atomic E-state index is 11.2. The number of alkyl halides is 1. The highest BCUT2D eigenvalue weighted by Crippen LogP contribution is 2.12. The van der Waals surface area contributed by atoms with Crippen LogP contribution in [0.1, 0.15) is 23.6 Å². The Morgan fingerprint density at radius 1 is 1.43 bits per heavy atom. The summed E-state index contributed by atoms with van der Waals surface area (Å²) in [6, 6.07) is 6.26. The van der Waals surface area contributed by atoms with Crippen molar-refractivity contribution in [1.82, 2.24) is 0 Å². The maximum atomic E-state index is 11.2. The van der Waals surface area contributed by atoms with E-state index < -0.39 is 0 Å². The zero-order valence-electron chi connectivity index (χ0n) is 8.64. The van der Waals surface area contributed by atoms with Crippen molar-refractivity contribution in [2.24, 2.45) is 0 Å². The standard InChI is InChI=1S/C12H15BrO/c1-3-11-6-10(5-4-9(11)2)7-12(14)8-13/h4-6H,3,7-8H2,1-2H3. The Hall–Kier alpha value is -0.630. The molecule has 0 unspecified atom stereocenters. The number of ketones is 1. The van der Waals surface area contributed by atoms with Crippen molar-refractivity contribution in [3.63, 3.8) is 0 Å². The average Bonchev–Trinajstić information content (AvgIpc) is 2.20. The van der Waals surface area contributed by atoms with Crippen LogP contribution < -0.4 is 0 Å². The molecule has 1 nitrogen and oxygen atoms in total. The normalized spacial score (nSPS) is 10.2. The summed E-state index contributed by atoms with van der Waals surface area (Å²) in [6.45, 7) is 4.24. The molecule has 1 aromatic rings. The Labute approximate surface area is 93.7 Å². The highest BCUT2D eigenvalue weighted by Gasteiger charge is 2.03. The van der Waals surface area contributed by atoms with Gasteiger partial charge in [-0.05, 0) is 30.0 Å². The number of hydrogen-bond acceptors (Lipinski definition) is 1. The number of hydrogen-bond donors (Lipinski definition) is 0. The molecule has 1 rings (SSSR count). The van der Waals surface area contributed by atoms with Crippen LogP contribution in [0.15, 0.2) is 18.2 Å². The largest absolute Gasteiger partial charge is 0.298 e. The third-order valence-corrected chi connectivity index (χ3v) is 2.97.